The average molecular weight is 460 g/mol. The number of aromatic nitrogens is 1. The SMILES string of the molecule is Cn1c2c3sc(N=C(C#N)C#N)cc3sc2c2sc3cc(N=C(C#N)C#N)sc3c21. The van der Waals surface area contributed by atoms with Crippen molar-refractivity contribution < 1.29 is 0 Å². The molecule has 0 saturated carbocycles. The van der Waals surface area contributed by atoms with Gasteiger partial charge in [0, 0.05) is 7.05 Å². The molecular formula is C19H5N7S4. The summed E-state index contributed by atoms with van der Waals surface area (Å²) in [7, 11) is 2.01. The van der Waals surface area contributed by atoms with Crippen molar-refractivity contribution in [2.24, 2.45) is 17.0 Å². The molecule has 0 aliphatic rings. The third kappa shape index (κ3) is 2.55. The lowest BCUT2D eigenvalue weighted by Gasteiger charge is -1.94. The highest BCUT2D eigenvalue weighted by molar-refractivity contribution is 7.39. The van der Waals surface area contributed by atoms with Crippen LogP contribution in [0.3, 0.4) is 0 Å². The van der Waals surface area contributed by atoms with Gasteiger partial charge in [0.25, 0.3) is 0 Å². The van der Waals surface area contributed by atoms with Gasteiger partial charge < -0.3 is 4.57 Å². The molecule has 0 saturated heterocycles. The Morgan fingerprint density at radius 3 is 1.47 bits per heavy atom. The van der Waals surface area contributed by atoms with Crippen LogP contribution in [0.1, 0.15) is 0 Å². The highest BCUT2D eigenvalue weighted by Gasteiger charge is 2.22. The Hall–Kier alpha value is -3.58. The maximum absolute atomic E-state index is 8.94. The smallest absolute Gasteiger partial charge is 0.219 e. The molecule has 0 spiro atoms. The van der Waals surface area contributed by atoms with Crippen molar-refractivity contribution in [1.82, 2.24) is 4.57 Å². The fourth-order valence-electron chi connectivity index (χ4n) is 3.24. The Kier molecular flexibility index (Phi) is 4.15. The summed E-state index contributed by atoms with van der Waals surface area (Å²) in [5, 5.41) is 37.0. The van der Waals surface area contributed by atoms with E-state index in [9.17, 15) is 0 Å². The summed E-state index contributed by atoms with van der Waals surface area (Å²) in [5.41, 5.74) is 1.90. The van der Waals surface area contributed by atoms with Crippen LogP contribution in [-0.2, 0) is 7.05 Å². The molecule has 0 bridgehead atoms. The van der Waals surface area contributed by atoms with Crippen molar-refractivity contribution in [3.63, 3.8) is 0 Å². The third-order valence-corrected chi connectivity index (χ3v) is 9.14. The van der Waals surface area contributed by atoms with Crippen LogP contribution in [0.25, 0.3) is 39.2 Å². The van der Waals surface area contributed by atoms with Gasteiger partial charge in [0.15, 0.2) is 0 Å². The van der Waals surface area contributed by atoms with Crippen LogP contribution < -0.4 is 0 Å². The minimum atomic E-state index is -0.157. The van der Waals surface area contributed by atoms with Crippen LogP contribution in [0.2, 0.25) is 0 Å². The molecule has 0 aliphatic heterocycles. The highest BCUT2D eigenvalue weighted by atomic mass is 32.1. The molecule has 5 rings (SSSR count). The maximum atomic E-state index is 8.94. The van der Waals surface area contributed by atoms with E-state index in [1.165, 1.54) is 32.1 Å². The average Bonchev–Trinajstić information content (AvgIpc) is 3.49. The molecule has 5 heterocycles. The van der Waals surface area contributed by atoms with Gasteiger partial charge in [-0.3, -0.25) is 0 Å². The molecule has 5 aromatic heterocycles. The number of rotatable bonds is 2. The third-order valence-electron chi connectivity index (χ3n) is 4.40. The fourth-order valence-corrected chi connectivity index (χ4v) is 8.51. The zero-order chi connectivity index (χ0) is 21.0. The van der Waals surface area contributed by atoms with E-state index in [-0.39, 0.29) is 11.4 Å². The van der Waals surface area contributed by atoms with Crippen molar-refractivity contribution >= 4 is 106 Å². The minimum Gasteiger partial charge on any atom is -0.340 e. The monoisotopic (exact) mass is 459 g/mol. The molecule has 0 amide bonds. The summed E-state index contributed by atoms with van der Waals surface area (Å²) < 4.78 is 8.85. The van der Waals surface area contributed by atoms with Gasteiger partial charge in [-0.05, 0) is 12.1 Å². The lowest BCUT2D eigenvalue weighted by atomic mass is 10.4. The summed E-state index contributed by atoms with van der Waals surface area (Å²) in [4.78, 5) is 8.26. The van der Waals surface area contributed by atoms with Crippen molar-refractivity contribution in [3.8, 4) is 24.3 Å². The Morgan fingerprint density at radius 1 is 0.700 bits per heavy atom. The maximum Gasteiger partial charge on any atom is 0.219 e. The van der Waals surface area contributed by atoms with Crippen LogP contribution in [0.4, 0.5) is 10.0 Å². The second-order valence-corrected chi connectivity index (χ2v) is 10.2. The molecule has 0 fully saturated rings. The number of hydrogen-bond donors (Lipinski definition) is 0. The first-order valence-electron chi connectivity index (χ1n) is 8.22. The van der Waals surface area contributed by atoms with Crippen molar-refractivity contribution in [1.29, 1.82) is 21.0 Å². The normalized spacial score (nSPS) is 10.7. The van der Waals surface area contributed by atoms with Gasteiger partial charge in [-0.1, -0.05) is 0 Å². The van der Waals surface area contributed by atoms with E-state index in [4.69, 9.17) is 21.0 Å². The summed E-state index contributed by atoms with van der Waals surface area (Å²) >= 11 is 6.27. The first-order valence-corrected chi connectivity index (χ1v) is 11.5. The Bertz CT molecular complexity index is 1590. The predicted octanol–water partition coefficient (Wildman–Crippen LogP) is 6.12. The van der Waals surface area contributed by atoms with Crippen LogP contribution in [-0.4, -0.2) is 16.0 Å². The number of aliphatic imine (C=N–C) groups is 2. The van der Waals surface area contributed by atoms with Crippen molar-refractivity contribution in [2.45, 2.75) is 0 Å². The van der Waals surface area contributed by atoms with E-state index in [0.29, 0.717) is 10.0 Å². The van der Waals surface area contributed by atoms with Gasteiger partial charge in [-0.2, -0.15) is 21.0 Å². The van der Waals surface area contributed by atoms with Crippen LogP contribution in [0, 0.1) is 45.3 Å². The molecule has 11 heteroatoms. The fraction of sp³-hybridized carbons (Fsp3) is 0.0526. The van der Waals surface area contributed by atoms with Gasteiger partial charge in [0.05, 0.1) is 39.2 Å². The van der Waals surface area contributed by atoms with Gasteiger partial charge in [-0.15, -0.1) is 45.3 Å². The molecule has 0 aromatic carbocycles. The zero-order valence-corrected chi connectivity index (χ0v) is 18.2. The van der Waals surface area contributed by atoms with Crippen molar-refractivity contribution in [2.75, 3.05) is 0 Å². The topological polar surface area (TPSA) is 125 Å². The predicted molar refractivity (Wildman–Crippen MR) is 124 cm³/mol. The van der Waals surface area contributed by atoms with E-state index in [1.807, 2.05) is 19.2 Å². The van der Waals surface area contributed by atoms with Crippen LogP contribution >= 0.6 is 45.3 Å². The van der Waals surface area contributed by atoms with Crippen molar-refractivity contribution in [3.05, 3.63) is 12.1 Å². The van der Waals surface area contributed by atoms with Gasteiger partial charge in [-0.25, -0.2) is 9.98 Å². The highest BCUT2D eigenvalue weighted by Crippen LogP contribution is 2.51. The standard InChI is InChI=1S/C19H5N7S4/c1-26-14-16-10(2-12(29-16)24-8(4-20)5-21)27-18(14)19-15(26)17-11(28-19)3-13(30-17)25-9(6-22)7-23/h2-3H,1H3. The van der Waals surface area contributed by atoms with E-state index >= 15 is 0 Å². The molecule has 0 atom stereocenters. The molecule has 0 radical (unpaired) electrons. The molecule has 5 aromatic rings. The number of nitrogens with zero attached hydrogens (tertiary/aromatic N) is 7. The first kappa shape index (κ1) is 18.4. The number of aryl methyl sites for hydroxylation is 1. The molecule has 0 N–H and O–H groups in total. The van der Waals surface area contributed by atoms with Crippen LogP contribution in [0.5, 0.6) is 0 Å². The largest absolute Gasteiger partial charge is 0.340 e. The first-order chi connectivity index (χ1) is 14.6. The lowest BCUT2D eigenvalue weighted by Crippen LogP contribution is -1.84. The number of fused-ring (bicyclic) bond motifs is 7. The molecule has 30 heavy (non-hydrogen) atoms. The molecule has 0 unspecified atom stereocenters. The molecule has 7 nitrogen and oxygen atoms in total. The summed E-state index contributed by atoms with van der Waals surface area (Å²) in [6.45, 7) is 0. The van der Waals surface area contributed by atoms with Gasteiger partial charge in [0.1, 0.15) is 34.3 Å². The number of nitriles is 4. The summed E-state index contributed by atoms with van der Waals surface area (Å²) in [6.07, 6.45) is 0. The van der Waals surface area contributed by atoms with E-state index in [1.54, 1.807) is 47.0 Å². The molecule has 0 aliphatic carbocycles. The number of thiophene rings is 4. The second-order valence-electron chi connectivity index (χ2n) is 6.04. The molecule has 140 valence electrons. The Labute approximate surface area is 184 Å². The van der Waals surface area contributed by atoms with Gasteiger partial charge >= 0.3 is 0 Å². The quantitative estimate of drug-likeness (QED) is 0.295. The Morgan fingerprint density at radius 2 is 1.10 bits per heavy atom. The molecular weight excluding hydrogens is 455 g/mol. The Balaban J connectivity index is 1.74. The van der Waals surface area contributed by atoms with E-state index < -0.39 is 0 Å². The van der Waals surface area contributed by atoms with E-state index in [2.05, 4.69) is 14.6 Å². The summed E-state index contributed by atoms with van der Waals surface area (Å²) in [5.74, 6) is 0. The van der Waals surface area contributed by atoms with E-state index in [0.717, 1.165) is 29.8 Å². The number of hydrogen-bond acceptors (Lipinski definition) is 10. The minimum absolute atomic E-state index is 0.157. The summed E-state index contributed by atoms with van der Waals surface area (Å²) in [6, 6.07) is 11.0. The van der Waals surface area contributed by atoms with Gasteiger partial charge in [0.2, 0.25) is 11.4 Å². The zero-order valence-electron chi connectivity index (χ0n) is 14.9. The second kappa shape index (κ2) is 6.74. The lowest BCUT2D eigenvalue weighted by molar-refractivity contribution is 1.03. The van der Waals surface area contributed by atoms with Crippen LogP contribution in [0.15, 0.2) is 22.1 Å².